The summed E-state index contributed by atoms with van der Waals surface area (Å²) >= 11 is 0. The average Bonchev–Trinajstić information content (AvgIpc) is 3.22. The molecule has 0 aliphatic heterocycles. The number of nitrogens with zero attached hydrogens (tertiary/aromatic N) is 3. The fraction of sp³-hybridized carbons (Fsp3) is 0.182. The van der Waals surface area contributed by atoms with Crippen molar-refractivity contribution in [1.29, 1.82) is 5.26 Å². The molecule has 3 rings (SSSR count). The summed E-state index contributed by atoms with van der Waals surface area (Å²) < 4.78 is 10.6. The minimum atomic E-state index is -0.791. The lowest BCUT2D eigenvalue weighted by Crippen LogP contribution is -2.18. The highest BCUT2D eigenvalue weighted by Crippen LogP contribution is 2.34. The predicted molar refractivity (Wildman–Crippen MR) is 118 cm³/mol. The Labute approximate surface area is 186 Å². The number of methoxy groups -OCH3 is 1. The smallest absolute Gasteiger partial charge is 0.299 e. The second kappa shape index (κ2) is 9.29. The number of pyridine rings is 1. The van der Waals surface area contributed by atoms with Crippen molar-refractivity contribution in [3.8, 4) is 17.4 Å². The molecule has 0 amide bonds. The summed E-state index contributed by atoms with van der Waals surface area (Å²) in [7, 11) is 1.29. The third-order valence-corrected chi connectivity index (χ3v) is 5.02. The average molecular weight is 450 g/mol. The Morgan fingerprint density at radius 2 is 1.85 bits per heavy atom. The Morgan fingerprint density at radius 1 is 1.15 bits per heavy atom. The molecule has 0 radical (unpaired) electrons. The molecule has 33 heavy (non-hydrogen) atoms. The lowest BCUT2D eigenvalue weighted by atomic mass is 10.0. The first kappa shape index (κ1) is 23.1. The van der Waals surface area contributed by atoms with Crippen LogP contribution in [0.3, 0.4) is 0 Å². The molecule has 0 atom stereocenters. The van der Waals surface area contributed by atoms with Crippen LogP contribution in [-0.4, -0.2) is 21.9 Å². The quantitative estimate of drug-likeness (QED) is 0.412. The van der Waals surface area contributed by atoms with E-state index in [1.165, 1.54) is 31.4 Å². The lowest BCUT2D eigenvalue weighted by Gasteiger charge is -2.06. The summed E-state index contributed by atoms with van der Waals surface area (Å²) in [6, 6.07) is 7.86. The number of furan rings is 1. The molecule has 0 bridgehead atoms. The number of ether oxygens (including phenoxy) is 1. The zero-order valence-electron chi connectivity index (χ0n) is 17.9. The summed E-state index contributed by atoms with van der Waals surface area (Å²) in [6.07, 6.45) is 2.63. The van der Waals surface area contributed by atoms with Gasteiger partial charge < -0.3 is 14.1 Å². The number of hydrogen-bond acceptors (Lipinski definition) is 8. The van der Waals surface area contributed by atoms with E-state index < -0.39 is 26.7 Å². The molecule has 168 valence electrons. The molecule has 0 saturated carbocycles. The molecule has 2 heterocycles. The number of benzene rings is 1. The van der Waals surface area contributed by atoms with E-state index in [1.807, 2.05) is 6.92 Å². The van der Waals surface area contributed by atoms with Gasteiger partial charge in [-0.25, -0.2) is 0 Å². The van der Waals surface area contributed by atoms with Crippen LogP contribution in [-0.2, 0) is 11.3 Å². The topological polar surface area (TPSA) is 165 Å². The molecule has 0 fully saturated rings. The Kier molecular flexibility index (Phi) is 6.51. The number of aromatic nitrogens is 1. The number of nitro benzene ring substituents is 1. The highest BCUT2D eigenvalue weighted by Gasteiger charge is 2.25. The van der Waals surface area contributed by atoms with Crippen LogP contribution in [0.2, 0.25) is 0 Å². The van der Waals surface area contributed by atoms with E-state index in [1.54, 1.807) is 25.1 Å². The van der Waals surface area contributed by atoms with Gasteiger partial charge in [-0.1, -0.05) is 0 Å². The molecule has 0 aliphatic carbocycles. The van der Waals surface area contributed by atoms with Crippen molar-refractivity contribution in [3.63, 3.8) is 0 Å². The van der Waals surface area contributed by atoms with Crippen molar-refractivity contribution < 1.29 is 19.0 Å². The Bertz CT molecular complexity index is 1390. The number of H-pyrrole nitrogens is 1. The molecule has 3 aromatic rings. The zero-order chi connectivity index (χ0) is 24.3. The van der Waals surface area contributed by atoms with Crippen molar-refractivity contribution in [1.82, 2.24) is 4.98 Å². The van der Waals surface area contributed by atoms with Gasteiger partial charge in [0.25, 0.3) is 16.9 Å². The van der Waals surface area contributed by atoms with Crippen LogP contribution in [0.5, 0.6) is 0 Å². The van der Waals surface area contributed by atoms with Gasteiger partial charge in [-0.3, -0.25) is 25.0 Å². The maximum Gasteiger partial charge on any atom is 0.299 e. The highest BCUT2D eigenvalue weighted by atomic mass is 16.6. The molecule has 1 aromatic carbocycles. The second-order valence-corrected chi connectivity index (χ2v) is 7.12. The lowest BCUT2D eigenvalue weighted by molar-refractivity contribution is -0.386. The third-order valence-electron chi connectivity index (χ3n) is 5.02. The van der Waals surface area contributed by atoms with E-state index in [9.17, 15) is 30.3 Å². The molecule has 11 heteroatoms. The molecular weight excluding hydrogens is 432 g/mol. The second-order valence-electron chi connectivity index (χ2n) is 7.12. The summed E-state index contributed by atoms with van der Waals surface area (Å²) in [6.45, 7) is 3.29. The Morgan fingerprint density at radius 3 is 2.45 bits per heavy atom. The first-order chi connectivity index (χ1) is 15.7. The van der Waals surface area contributed by atoms with Crippen LogP contribution in [0.1, 0.15) is 33.7 Å². The molecule has 0 saturated heterocycles. The van der Waals surface area contributed by atoms with Crippen LogP contribution in [0.25, 0.3) is 23.5 Å². The van der Waals surface area contributed by atoms with Gasteiger partial charge in [-0.2, -0.15) is 5.26 Å². The van der Waals surface area contributed by atoms with Gasteiger partial charge in [0.15, 0.2) is 0 Å². The number of nitro groups is 2. The third kappa shape index (κ3) is 4.56. The predicted octanol–water partition coefficient (Wildman–Crippen LogP) is 4.26. The van der Waals surface area contributed by atoms with E-state index >= 15 is 0 Å². The van der Waals surface area contributed by atoms with E-state index in [4.69, 9.17) is 9.15 Å². The largest absolute Gasteiger partial charge is 0.456 e. The van der Waals surface area contributed by atoms with Crippen molar-refractivity contribution in [2.45, 2.75) is 20.5 Å². The van der Waals surface area contributed by atoms with Crippen LogP contribution < -0.4 is 5.56 Å². The number of aromatic amines is 1. The fourth-order valence-corrected chi connectivity index (χ4v) is 3.30. The molecule has 11 nitrogen and oxygen atoms in total. The minimum Gasteiger partial charge on any atom is -0.456 e. The van der Waals surface area contributed by atoms with E-state index in [0.29, 0.717) is 5.56 Å². The summed E-state index contributed by atoms with van der Waals surface area (Å²) in [5.74, 6) is 0.484. The van der Waals surface area contributed by atoms with Gasteiger partial charge in [0.1, 0.15) is 28.8 Å². The molecule has 0 spiro atoms. The molecule has 1 N–H and O–H groups in total. The van der Waals surface area contributed by atoms with Crippen molar-refractivity contribution >= 4 is 23.5 Å². The van der Waals surface area contributed by atoms with Crippen molar-refractivity contribution in [2.24, 2.45) is 0 Å². The van der Waals surface area contributed by atoms with Gasteiger partial charge in [-0.15, -0.1) is 0 Å². The Balaban J connectivity index is 2.07. The maximum absolute atomic E-state index is 12.2. The van der Waals surface area contributed by atoms with Crippen LogP contribution in [0.4, 0.5) is 11.4 Å². The molecule has 0 unspecified atom stereocenters. The van der Waals surface area contributed by atoms with Crippen LogP contribution in [0, 0.1) is 45.4 Å². The molecular formula is C22H18N4O7. The van der Waals surface area contributed by atoms with Crippen LogP contribution in [0.15, 0.2) is 33.5 Å². The summed E-state index contributed by atoms with van der Waals surface area (Å²) in [5, 5.41) is 32.3. The number of nitriles is 1. The van der Waals surface area contributed by atoms with Crippen LogP contribution >= 0.6 is 0 Å². The number of aryl methyl sites for hydroxylation is 2. The van der Waals surface area contributed by atoms with Crippen molar-refractivity contribution in [3.05, 3.63) is 88.6 Å². The van der Waals surface area contributed by atoms with E-state index in [-0.39, 0.29) is 35.1 Å². The first-order valence-electron chi connectivity index (χ1n) is 9.54. The maximum atomic E-state index is 12.2. The normalized spacial score (nSPS) is 11.0. The number of hydrogen-bond donors (Lipinski definition) is 1. The van der Waals surface area contributed by atoms with Gasteiger partial charge >= 0.3 is 0 Å². The summed E-state index contributed by atoms with van der Waals surface area (Å²) in [4.78, 5) is 36.5. The van der Waals surface area contributed by atoms with Crippen molar-refractivity contribution in [2.75, 3.05) is 7.11 Å². The number of rotatable bonds is 7. The summed E-state index contributed by atoms with van der Waals surface area (Å²) in [5.41, 5.74) is -0.154. The van der Waals surface area contributed by atoms with E-state index in [0.717, 1.165) is 11.1 Å². The Hall–Kier alpha value is -4.56. The van der Waals surface area contributed by atoms with Gasteiger partial charge in [-0.05, 0) is 55.3 Å². The SMILES string of the molecule is COCc1c([N+](=O)[O-])c(/C=C/c2ccc(-c3cc(C)c(C)cc3[N+](=O)[O-])o2)[nH]c(=O)c1C#N. The zero-order valence-corrected chi connectivity index (χ0v) is 17.9. The minimum absolute atomic E-state index is 0.112. The van der Waals surface area contributed by atoms with E-state index in [2.05, 4.69) is 4.98 Å². The first-order valence-corrected chi connectivity index (χ1v) is 9.54. The monoisotopic (exact) mass is 450 g/mol. The standard InChI is InChI=1S/C22H18N4O7/c1-12-8-15(19(25(28)29)9-13(12)2)20-7-5-14(33-20)4-6-18-21(26(30)31)17(11-32-3)16(10-23)22(27)24-18/h4-9H,11H2,1-3H3,(H,24,27)/b6-4+. The highest BCUT2D eigenvalue weighted by molar-refractivity contribution is 5.75. The fourth-order valence-electron chi connectivity index (χ4n) is 3.30. The van der Waals surface area contributed by atoms with Gasteiger partial charge in [0, 0.05) is 13.2 Å². The molecule has 2 aromatic heterocycles. The molecule has 0 aliphatic rings. The number of nitrogens with one attached hydrogen (secondary N) is 1. The van der Waals surface area contributed by atoms with Gasteiger partial charge in [0.05, 0.1) is 27.6 Å². The van der Waals surface area contributed by atoms with Gasteiger partial charge in [0.2, 0.25) is 0 Å².